The van der Waals surface area contributed by atoms with Crippen LogP contribution in [-0.4, -0.2) is 99.8 Å². The third-order valence-corrected chi connectivity index (χ3v) is 11.6. The van der Waals surface area contributed by atoms with Crippen molar-refractivity contribution in [2.45, 2.75) is 38.0 Å². The summed E-state index contributed by atoms with van der Waals surface area (Å²) in [6.45, 7) is 8.39. The lowest BCUT2D eigenvalue weighted by Gasteiger charge is -2.34. The van der Waals surface area contributed by atoms with Crippen LogP contribution in [0, 0.1) is 24.7 Å². The molecule has 3 aliphatic heterocycles. The van der Waals surface area contributed by atoms with Crippen LogP contribution in [0.1, 0.15) is 42.1 Å². The monoisotopic (exact) mass is 644 g/mol. The molecule has 2 unspecified atom stereocenters. The molecule has 0 spiro atoms. The van der Waals surface area contributed by atoms with Crippen molar-refractivity contribution in [2.75, 3.05) is 64.4 Å². The summed E-state index contributed by atoms with van der Waals surface area (Å²) in [6.07, 6.45) is 2.05. The smallest absolute Gasteiger partial charge is 0.339 e. The average molecular weight is 645 g/mol. The largest absolute Gasteiger partial charge is 0.465 e. The van der Waals surface area contributed by atoms with Crippen molar-refractivity contribution in [2.24, 2.45) is 17.8 Å². The van der Waals surface area contributed by atoms with Gasteiger partial charge in [0, 0.05) is 69.4 Å². The Morgan fingerprint density at radius 1 is 1.00 bits per heavy atom. The van der Waals surface area contributed by atoms with Crippen molar-refractivity contribution in [3.63, 3.8) is 0 Å². The second-order valence-corrected chi connectivity index (χ2v) is 14.5. The van der Waals surface area contributed by atoms with Gasteiger partial charge in [-0.3, -0.25) is 9.59 Å². The van der Waals surface area contributed by atoms with Gasteiger partial charge in [-0.1, -0.05) is 29.8 Å². The average Bonchev–Trinajstić information content (AvgIpc) is 3.60. The number of halogens is 1. The number of methoxy groups -OCH3 is 1. The molecular weight excluding hydrogens is 604 g/mol. The first-order valence-corrected chi connectivity index (χ1v) is 17.0. The zero-order valence-corrected chi connectivity index (χ0v) is 27.1. The molecule has 3 fully saturated rings. The Bertz CT molecular complexity index is 1500. The Balaban J connectivity index is 1.19. The number of esters is 1. The maximum absolute atomic E-state index is 13.8. The summed E-state index contributed by atoms with van der Waals surface area (Å²) in [5.74, 6) is -0.296. The van der Waals surface area contributed by atoms with Crippen LogP contribution in [-0.2, 0) is 24.3 Å². The number of carbonyl (C=O) groups is 3. The summed E-state index contributed by atoms with van der Waals surface area (Å²) in [6, 6.07) is 11.9. The van der Waals surface area contributed by atoms with Crippen LogP contribution >= 0.6 is 11.6 Å². The number of anilines is 1. The first kappa shape index (κ1) is 32.4. The highest BCUT2D eigenvalue weighted by Crippen LogP contribution is 2.35. The molecule has 2 atom stereocenters. The number of nitrogens with zero attached hydrogens (tertiary/aromatic N) is 4. The lowest BCUT2D eigenvalue weighted by Crippen LogP contribution is -2.44. The third kappa shape index (κ3) is 6.80. The van der Waals surface area contributed by atoms with Crippen molar-refractivity contribution in [1.29, 1.82) is 0 Å². The number of hydrogen-bond donors (Lipinski definition) is 0. The number of fused-ring (bicyclic) bond motifs is 1. The van der Waals surface area contributed by atoms with Crippen molar-refractivity contribution in [3.05, 3.63) is 58.6 Å². The first-order valence-electron chi connectivity index (χ1n) is 15.2. The van der Waals surface area contributed by atoms with E-state index in [1.54, 1.807) is 24.0 Å². The van der Waals surface area contributed by atoms with Crippen molar-refractivity contribution < 1.29 is 27.5 Å². The van der Waals surface area contributed by atoms with Gasteiger partial charge >= 0.3 is 5.97 Å². The standard InChI is InChI=1S/C32H41ClN4O6S/c1-22-9-10-27(17-29(22)33)37(31(39)24-11-15-35(16-12-24)23(2)38)14-6-13-34-18-25-20-36(21-26(25)19-34)44(41,42)30-8-5-4-7-28(30)32(40)43-3/h4-5,7-10,17,24-26H,6,11-16,18-21H2,1-3H3. The fraction of sp³-hybridized carbons (Fsp3) is 0.531. The number of carbonyl (C=O) groups excluding carboxylic acids is 3. The second kappa shape index (κ2) is 13.6. The zero-order valence-electron chi connectivity index (χ0n) is 25.6. The van der Waals surface area contributed by atoms with Crippen LogP contribution in [0.2, 0.25) is 5.02 Å². The molecule has 10 nitrogen and oxygen atoms in total. The molecule has 12 heteroatoms. The number of hydrogen-bond acceptors (Lipinski definition) is 7. The molecule has 0 N–H and O–H groups in total. The van der Waals surface area contributed by atoms with Crippen molar-refractivity contribution in [1.82, 2.24) is 14.1 Å². The van der Waals surface area contributed by atoms with Crippen LogP contribution in [0.5, 0.6) is 0 Å². The van der Waals surface area contributed by atoms with Gasteiger partial charge in [0.05, 0.1) is 17.6 Å². The molecule has 5 rings (SSSR count). The van der Waals surface area contributed by atoms with Crippen molar-refractivity contribution in [3.8, 4) is 0 Å². The van der Waals surface area contributed by atoms with Crippen LogP contribution < -0.4 is 4.90 Å². The van der Waals surface area contributed by atoms with Gasteiger partial charge in [-0.2, -0.15) is 4.31 Å². The molecule has 3 saturated heterocycles. The number of aryl methyl sites for hydroxylation is 1. The van der Waals surface area contributed by atoms with Crippen LogP contribution in [0.3, 0.4) is 0 Å². The fourth-order valence-electron chi connectivity index (χ4n) is 6.77. The maximum Gasteiger partial charge on any atom is 0.339 e. The lowest BCUT2D eigenvalue weighted by atomic mass is 9.94. The van der Waals surface area contributed by atoms with Gasteiger partial charge in [-0.15, -0.1) is 0 Å². The highest BCUT2D eigenvalue weighted by atomic mass is 35.5. The molecule has 3 aliphatic rings. The predicted octanol–water partition coefficient (Wildman–Crippen LogP) is 3.67. The van der Waals surface area contributed by atoms with E-state index in [0.29, 0.717) is 50.6 Å². The lowest BCUT2D eigenvalue weighted by molar-refractivity contribution is -0.133. The van der Waals surface area contributed by atoms with Gasteiger partial charge in [-0.25, -0.2) is 13.2 Å². The highest BCUT2D eigenvalue weighted by molar-refractivity contribution is 7.89. The zero-order chi connectivity index (χ0) is 31.6. The second-order valence-electron chi connectivity index (χ2n) is 12.1. The third-order valence-electron chi connectivity index (χ3n) is 9.32. The first-order chi connectivity index (χ1) is 21.0. The van der Waals surface area contributed by atoms with Gasteiger partial charge in [0.1, 0.15) is 0 Å². The predicted molar refractivity (Wildman–Crippen MR) is 168 cm³/mol. The van der Waals surface area contributed by atoms with E-state index in [1.807, 2.05) is 30.0 Å². The molecular formula is C32H41ClN4O6S. The maximum atomic E-state index is 13.8. The molecule has 2 aromatic rings. The summed E-state index contributed by atoms with van der Waals surface area (Å²) in [5.41, 5.74) is 1.78. The summed E-state index contributed by atoms with van der Waals surface area (Å²) < 4.78 is 33.3. The molecule has 0 aromatic heterocycles. The van der Waals surface area contributed by atoms with Gasteiger partial charge in [0.2, 0.25) is 21.8 Å². The minimum absolute atomic E-state index is 0.0170. The summed E-state index contributed by atoms with van der Waals surface area (Å²) in [7, 11) is -2.60. The molecule has 0 aliphatic carbocycles. The molecule has 0 bridgehead atoms. The normalized spacial score (nSPS) is 21.3. The summed E-state index contributed by atoms with van der Waals surface area (Å²) in [5, 5.41) is 0.618. The Morgan fingerprint density at radius 2 is 1.66 bits per heavy atom. The molecule has 0 saturated carbocycles. The Labute approximate surface area is 264 Å². The van der Waals surface area contributed by atoms with Gasteiger partial charge < -0.3 is 19.4 Å². The van der Waals surface area contributed by atoms with E-state index in [1.165, 1.54) is 23.5 Å². The number of amides is 2. The molecule has 0 radical (unpaired) electrons. The summed E-state index contributed by atoms with van der Waals surface area (Å²) in [4.78, 5) is 43.8. The topological polar surface area (TPSA) is 108 Å². The Kier molecular flexibility index (Phi) is 9.99. The van der Waals surface area contributed by atoms with E-state index in [2.05, 4.69) is 4.90 Å². The molecule has 3 heterocycles. The minimum atomic E-state index is -3.84. The van der Waals surface area contributed by atoms with Crippen molar-refractivity contribution >= 4 is 45.1 Å². The summed E-state index contributed by atoms with van der Waals surface area (Å²) >= 11 is 6.45. The fourth-order valence-corrected chi connectivity index (χ4v) is 8.67. The molecule has 44 heavy (non-hydrogen) atoms. The van der Waals surface area contributed by atoms with Gasteiger partial charge in [-0.05, 0) is 74.4 Å². The Hall–Kier alpha value is -2.99. The number of likely N-dealkylation sites (tertiary alicyclic amines) is 2. The van der Waals surface area contributed by atoms with E-state index >= 15 is 0 Å². The molecule has 2 aromatic carbocycles. The number of sulfonamides is 1. The van der Waals surface area contributed by atoms with E-state index in [0.717, 1.165) is 37.3 Å². The molecule has 2 amide bonds. The number of piperidine rings is 1. The SMILES string of the molecule is COC(=O)c1ccccc1S(=O)(=O)N1CC2CN(CCCN(C(=O)C3CCN(C(C)=O)CC3)c3ccc(C)c(Cl)c3)CC2C1. The number of benzene rings is 2. The Morgan fingerprint density at radius 3 is 2.27 bits per heavy atom. The number of ether oxygens (including phenoxy) is 1. The van der Waals surface area contributed by atoms with Crippen LogP contribution in [0.15, 0.2) is 47.4 Å². The van der Waals surface area contributed by atoms with E-state index in [-0.39, 0.29) is 40.0 Å². The van der Waals surface area contributed by atoms with E-state index < -0.39 is 16.0 Å². The minimum Gasteiger partial charge on any atom is -0.465 e. The van der Waals surface area contributed by atoms with Crippen LogP contribution in [0.25, 0.3) is 0 Å². The highest BCUT2D eigenvalue weighted by Gasteiger charge is 2.45. The van der Waals surface area contributed by atoms with E-state index in [9.17, 15) is 22.8 Å². The van der Waals surface area contributed by atoms with Gasteiger partial charge in [0.25, 0.3) is 0 Å². The van der Waals surface area contributed by atoms with E-state index in [4.69, 9.17) is 16.3 Å². The molecule has 238 valence electrons. The number of rotatable bonds is 9. The van der Waals surface area contributed by atoms with Crippen LogP contribution in [0.4, 0.5) is 5.69 Å². The quantitative estimate of drug-likeness (QED) is 0.384. The van der Waals surface area contributed by atoms with Gasteiger partial charge in [0.15, 0.2) is 0 Å².